The Labute approximate surface area is 203 Å². The number of H-pyrrole nitrogens is 1. The van der Waals surface area contributed by atoms with Gasteiger partial charge in [-0.2, -0.15) is 9.98 Å². The van der Waals surface area contributed by atoms with Gasteiger partial charge >= 0.3 is 5.97 Å². The highest BCUT2D eigenvalue weighted by Gasteiger charge is 2.33. The summed E-state index contributed by atoms with van der Waals surface area (Å²) >= 11 is 0. The van der Waals surface area contributed by atoms with E-state index in [1.807, 2.05) is 6.07 Å². The first-order chi connectivity index (χ1) is 16.8. The maximum absolute atomic E-state index is 13.4. The largest absolute Gasteiger partial charge is 0.469 e. The average molecular weight is 498 g/mol. The summed E-state index contributed by atoms with van der Waals surface area (Å²) in [6, 6.07) is 11.0. The Hall–Kier alpha value is -3.62. The molecule has 2 aromatic heterocycles. The Kier molecular flexibility index (Phi) is 7.23. The molecule has 35 heavy (non-hydrogen) atoms. The number of aromatic nitrogens is 2. The van der Waals surface area contributed by atoms with E-state index in [-0.39, 0.29) is 35.7 Å². The number of benzene rings is 1. The predicted octanol–water partition coefficient (Wildman–Crippen LogP) is 1.99. The van der Waals surface area contributed by atoms with Crippen molar-refractivity contribution in [2.24, 2.45) is 5.92 Å². The molecule has 1 amide bonds. The zero-order chi connectivity index (χ0) is 25.0. The number of aromatic amines is 1. The van der Waals surface area contributed by atoms with Crippen molar-refractivity contribution >= 4 is 32.8 Å². The second kappa shape index (κ2) is 10.3. The summed E-state index contributed by atoms with van der Waals surface area (Å²) in [6.45, 7) is 0.944. The molecule has 11 heteroatoms. The van der Waals surface area contributed by atoms with Crippen LogP contribution in [0.3, 0.4) is 0 Å². The van der Waals surface area contributed by atoms with E-state index < -0.39 is 16.1 Å². The Morgan fingerprint density at radius 3 is 2.74 bits per heavy atom. The molecule has 3 aromatic rings. The second-order valence-corrected chi connectivity index (χ2v) is 10.2. The summed E-state index contributed by atoms with van der Waals surface area (Å²) < 4.78 is 35.6. The molecule has 1 fully saturated rings. The number of hydrogen-bond donors (Lipinski definition) is 2. The molecule has 1 aromatic carbocycles. The molecule has 184 valence electrons. The smallest absolute Gasteiger partial charge is 0.308 e. The van der Waals surface area contributed by atoms with Gasteiger partial charge < -0.3 is 19.2 Å². The highest BCUT2D eigenvalue weighted by atomic mass is 32.2. The molecule has 1 unspecified atom stereocenters. The number of amides is 1. The molecule has 0 aliphatic carbocycles. The number of nitriles is 1. The summed E-state index contributed by atoms with van der Waals surface area (Å²) in [5, 5.41) is 10.2. The topological polar surface area (TPSA) is 137 Å². The Bertz CT molecular complexity index is 1360. The summed E-state index contributed by atoms with van der Waals surface area (Å²) in [4.78, 5) is 29.9. The zero-order valence-electron chi connectivity index (χ0n) is 19.3. The first kappa shape index (κ1) is 24.5. The van der Waals surface area contributed by atoms with Crippen LogP contribution in [0.25, 0.3) is 10.9 Å². The van der Waals surface area contributed by atoms with Crippen molar-refractivity contribution in [2.45, 2.75) is 36.7 Å². The SMILES string of the molecule is COC(=O)C1CCN(C(=O)C(CCn2cccc2C#N)NS(=O)(=O)c2ccc3cc[nH]c3c2)CC1. The van der Waals surface area contributed by atoms with Crippen LogP contribution in [0.2, 0.25) is 0 Å². The van der Waals surface area contributed by atoms with Gasteiger partial charge in [0, 0.05) is 37.5 Å². The third-order valence-electron chi connectivity index (χ3n) is 6.38. The van der Waals surface area contributed by atoms with Crippen molar-refractivity contribution in [1.29, 1.82) is 5.26 Å². The van der Waals surface area contributed by atoms with Crippen LogP contribution in [0.4, 0.5) is 0 Å². The van der Waals surface area contributed by atoms with Gasteiger partial charge in [-0.3, -0.25) is 9.59 Å². The molecule has 1 saturated heterocycles. The van der Waals surface area contributed by atoms with Crippen LogP contribution in [0.1, 0.15) is 25.0 Å². The van der Waals surface area contributed by atoms with E-state index in [1.54, 1.807) is 40.1 Å². The van der Waals surface area contributed by atoms with Gasteiger partial charge in [-0.25, -0.2) is 8.42 Å². The number of carbonyl (C=O) groups excluding carboxylic acids is 2. The molecule has 0 saturated carbocycles. The lowest BCUT2D eigenvalue weighted by Gasteiger charge is -2.33. The van der Waals surface area contributed by atoms with E-state index in [0.29, 0.717) is 37.1 Å². The quantitative estimate of drug-likeness (QED) is 0.457. The fourth-order valence-corrected chi connectivity index (χ4v) is 5.63. The molecule has 10 nitrogen and oxygen atoms in total. The molecule has 0 radical (unpaired) electrons. The lowest BCUT2D eigenvalue weighted by atomic mass is 9.96. The third-order valence-corrected chi connectivity index (χ3v) is 7.85. The van der Waals surface area contributed by atoms with Gasteiger partial charge in [-0.1, -0.05) is 6.07 Å². The Balaban J connectivity index is 1.54. The predicted molar refractivity (Wildman–Crippen MR) is 127 cm³/mol. The molecular weight excluding hydrogens is 470 g/mol. The molecule has 0 bridgehead atoms. The van der Waals surface area contributed by atoms with Crippen LogP contribution < -0.4 is 4.72 Å². The average Bonchev–Trinajstić information content (AvgIpc) is 3.54. The van der Waals surface area contributed by atoms with Gasteiger partial charge in [0.15, 0.2) is 0 Å². The Morgan fingerprint density at radius 2 is 2.03 bits per heavy atom. The number of ether oxygens (including phenoxy) is 1. The van der Waals surface area contributed by atoms with Gasteiger partial charge in [0.1, 0.15) is 17.8 Å². The van der Waals surface area contributed by atoms with Crippen LogP contribution in [0.15, 0.2) is 53.7 Å². The highest BCUT2D eigenvalue weighted by molar-refractivity contribution is 7.89. The standard InChI is InChI=1S/C24H27N5O5S/c1-34-24(31)18-7-12-29(13-8-18)23(30)21(9-14-28-11-2-3-19(28)16-25)27-35(32,33)20-5-4-17-6-10-26-22(17)15-20/h2-6,10-11,15,18,21,26-27H,7-9,12-14H2,1H3. The molecule has 0 spiro atoms. The van der Waals surface area contributed by atoms with Crippen molar-refractivity contribution < 1.29 is 22.7 Å². The number of sulfonamides is 1. The number of piperidine rings is 1. The molecule has 4 rings (SSSR count). The third kappa shape index (κ3) is 5.39. The van der Waals surface area contributed by atoms with Gasteiger partial charge in [0.25, 0.3) is 0 Å². The summed E-state index contributed by atoms with van der Waals surface area (Å²) in [6.07, 6.45) is 4.51. The summed E-state index contributed by atoms with van der Waals surface area (Å²) in [7, 11) is -2.67. The number of rotatable bonds is 8. The summed E-state index contributed by atoms with van der Waals surface area (Å²) in [5.74, 6) is -0.931. The maximum Gasteiger partial charge on any atom is 0.308 e. The number of fused-ring (bicyclic) bond motifs is 1. The van der Waals surface area contributed by atoms with Gasteiger partial charge in [0.2, 0.25) is 15.9 Å². The van der Waals surface area contributed by atoms with Gasteiger partial charge in [0.05, 0.1) is 17.9 Å². The van der Waals surface area contributed by atoms with Crippen molar-refractivity contribution in [2.75, 3.05) is 20.2 Å². The monoisotopic (exact) mass is 497 g/mol. The highest BCUT2D eigenvalue weighted by Crippen LogP contribution is 2.22. The van der Waals surface area contributed by atoms with Crippen LogP contribution in [0.5, 0.6) is 0 Å². The number of methoxy groups -OCH3 is 1. The van der Waals surface area contributed by atoms with Crippen LogP contribution in [-0.4, -0.2) is 61.0 Å². The van der Waals surface area contributed by atoms with E-state index in [9.17, 15) is 23.3 Å². The van der Waals surface area contributed by atoms with Gasteiger partial charge in [-0.05, 0) is 55.0 Å². The number of likely N-dealkylation sites (tertiary alicyclic amines) is 1. The maximum atomic E-state index is 13.4. The van der Waals surface area contributed by atoms with E-state index >= 15 is 0 Å². The van der Waals surface area contributed by atoms with Crippen molar-refractivity contribution in [3.05, 3.63) is 54.5 Å². The molecule has 1 atom stereocenters. The second-order valence-electron chi connectivity index (χ2n) is 8.51. The fraction of sp³-hybridized carbons (Fsp3) is 0.375. The molecular formula is C24H27N5O5S. The van der Waals surface area contributed by atoms with Crippen molar-refractivity contribution in [3.8, 4) is 6.07 Å². The van der Waals surface area contributed by atoms with Crippen molar-refractivity contribution in [3.63, 3.8) is 0 Å². The number of carbonyl (C=O) groups is 2. The van der Waals surface area contributed by atoms with E-state index in [2.05, 4.69) is 15.8 Å². The number of nitrogens with zero attached hydrogens (tertiary/aromatic N) is 3. The molecule has 1 aliphatic rings. The van der Waals surface area contributed by atoms with Crippen LogP contribution >= 0.6 is 0 Å². The molecule has 1 aliphatic heterocycles. The first-order valence-electron chi connectivity index (χ1n) is 11.3. The lowest BCUT2D eigenvalue weighted by Crippen LogP contribution is -2.51. The minimum Gasteiger partial charge on any atom is -0.469 e. The van der Waals surface area contributed by atoms with E-state index in [4.69, 9.17) is 4.74 Å². The first-order valence-corrected chi connectivity index (χ1v) is 12.8. The van der Waals surface area contributed by atoms with Crippen LogP contribution in [-0.2, 0) is 30.9 Å². The normalized spacial score (nSPS) is 15.6. The Morgan fingerprint density at radius 1 is 1.26 bits per heavy atom. The minimum atomic E-state index is -4.01. The lowest BCUT2D eigenvalue weighted by molar-refractivity contribution is -0.149. The van der Waals surface area contributed by atoms with E-state index in [1.165, 1.54) is 19.2 Å². The minimum absolute atomic E-state index is 0.0494. The number of nitrogens with one attached hydrogen (secondary N) is 2. The number of aryl methyl sites for hydroxylation is 1. The zero-order valence-corrected chi connectivity index (χ0v) is 20.1. The van der Waals surface area contributed by atoms with E-state index in [0.717, 1.165) is 5.39 Å². The number of esters is 1. The summed E-state index contributed by atoms with van der Waals surface area (Å²) in [5.41, 5.74) is 1.10. The molecule has 3 heterocycles. The van der Waals surface area contributed by atoms with Crippen molar-refractivity contribution in [1.82, 2.24) is 19.2 Å². The molecule has 2 N–H and O–H groups in total. The number of hydrogen-bond acceptors (Lipinski definition) is 6. The van der Waals surface area contributed by atoms with Gasteiger partial charge in [-0.15, -0.1) is 0 Å². The fourth-order valence-electron chi connectivity index (χ4n) is 4.38. The van der Waals surface area contributed by atoms with Crippen LogP contribution in [0, 0.1) is 17.2 Å².